The first-order valence-electron chi connectivity index (χ1n) is 13.0. The molecule has 7 rings (SSSR count). The van der Waals surface area contributed by atoms with Crippen molar-refractivity contribution in [3.63, 3.8) is 0 Å². The molecule has 2 fully saturated rings. The van der Waals surface area contributed by atoms with Gasteiger partial charge in [-0.05, 0) is 59.5 Å². The maximum Gasteiger partial charge on any atom is 0.217 e. The summed E-state index contributed by atoms with van der Waals surface area (Å²) in [5.41, 5.74) is 5.05. The molecular formula is C30H25F2N5O2. The van der Waals surface area contributed by atoms with Crippen LogP contribution in [0.2, 0.25) is 0 Å². The zero-order chi connectivity index (χ0) is 26.5. The number of benzene rings is 3. The van der Waals surface area contributed by atoms with Crippen molar-refractivity contribution in [3.05, 3.63) is 88.5 Å². The third kappa shape index (κ3) is 4.13. The second-order valence-corrected chi connectivity index (χ2v) is 10.2. The second kappa shape index (κ2) is 9.49. The highest BCUT2D eigenvalue weighted by Crippen LogP contribution is 2.40. The summed E-state index contributed by atoms with van der Waals surface area (Å²) in [6.45, 7) is 3.25. The lowest BCUT2D eigenvalue weighted by Crippen LogP contribution is -2.40. The molecule has 2 saturated heterocycles. The molecule has 4 heterocycles. The van der Waals surface area contributed by atoms with Gasteiger partial charge in [-0.25, -0.2) is 13.8 Å². The van der Waals surface area contributed by atoms with Crippen LogP contribution in [0.4, 0.5) is 14.7 Å². The van der Waals surface area contributed by atoms with E-state index < -0.39 is 5.82 Å². The zero-order valence-corrected chi connectivity index (χ0v) is 21.0. The monoisotopic (exact) mass is 525 g/mol. The van der Waals surface area contributed by atoms with Gasteiger partial charge in [0.05, 0.1) is 30.3 Å². The summed E-state index contributed by atoms with van der Waals surface area (Å²) in [4.78, 5) is 7.21. The highest BCUT2D eigenvalue weighted by atomic mass is 19.1. The fraction of sp³-hybridized carbons (Fsp3) is 0.267. The highest BCUT2D eigenvalue weighted by molar-refractivity contribution is 5.96. The Kier molecular flexibility index (Phi) is 5.80. The van der Waals surface area contributed by atoms with Crippen molar-refractivity contribution in [3.8, 4) is 11.9 Å². The number of hydrogen-bond donors (Lipinski definition) is 1. The molecule has 1 aromatic heterocycles. The molecule has 3 aliphatic heterocycles. The SMILES string of the molecule is N#CNc1nc2cc(/C=C3/c4ccc(F)cc4OCc4c(F)cccc43)ccc2n1[C@@H]1C[C@@H]2COCCN2C1. The number of aromatic nitrogens is 2. The standard InChI is InChI=1S/C30H25F2N5O2/c31-19-5-6-23-24(22-2-1-3-26(32)25(22)16-39-29(23)12-19)10-18-4-7-28-27(11-18)35-30(34-17-33)37(28)20-13-21-15-38-9-8-36(21)14-20/h1-7,10-12,20-21H,8-9,13-16H2,(H,34,35)/b24-10+/t20-,21-/m1/s1. The Morgan fingerprint density at radius 2 is 2.00 bits per heavy atom. The summed E-state index contributed by atoms with van der Waals surface area (Å²) in [5.74, 6) is 0.0913. The molecule has 0 aliphatic carbocycles. The van der Waals surface area contributed by atoms with E-state index in [0.29, 0.717) is 34.4 Å². The molecule has 7 nitrogen and oxygen atoms in total. The summed E-state index contributed by atoms with van der Waals surface area (Å²) >= 11 is 0. The number of hydrogen-bond acceptors (Lipinski definition) is 6. The van der Waals surface area contributed by atoms with Crippen LogP contribution in [0.5, 0.6) is 5.75 Å². The third-order valence-corrected chi connectivity index (χ3v) is 7.91. The van der Waals surface area contributed by atoms with Crippen molar-refractivity contribution in [1.82, 2.24) is 14.5 Å². The lowest BCUT2D eigenvalue weighted by atomic mass is 9.92. The van der Waals surface area contributed by atoms with Gasteiger partial charge in [-0.2, -0.15) is 5.26 Å². The number of halogens is 2. The predicted octanol–water partition coefficient (Wildman–Crippen LogP) is 5.33. The maximum atomic E-state index is 14.8. The van der Waals surface area contributed by atoms with Gasteiger partial charge in [0.1, 0.15) is 24.0 Å². The van der Waals surface area contributed by atoms with Crippen molar-refractivity contribution in [2.24, 2.45) is 0 Å². The van der Waals surface area contributed by atoms with Crippen LogP contribution in [-0.4, -0.2) is 46.8 Å². The van der Waals surface area contributed by atoms with Crippen LogP contribution in [0.25, 0.3) is 22.7 Å². The van der Waals surface area contributed by atoms with Gasteiger partial charge < -0.3 is 14.0 Å². The molecule has 3 aliphatic rings. The highest BCUT2D eigenvalue weighted by Gasteiger charge is 2.36. The Balaban J connectivity index is 1.34. The minimum atomic E-state index is -0.418. The molecule has 0 bridgehead atoms. The average molecular weight is 526 g/mol. The smallest absolute Gasteiger partial charge is 0.217 e. The molecule has 3 aromatic carbocycles. The minimum Gasteiger partial charge on any atom is -0.488 e. The number of nitrogens with zero attached hydrogens (tertiary/aromatic N) is 4. The minimum absolute atomic E-state index is 0.00682. The molecule has 0 unspecified atom stereocenters. The van der Waals surface area contributed by atoms with E-state index in [2.05, 4.69) is 14.8 Å². The van der Waals surface area contributed by atoms with E-state index in [9.17, 15) is 14.0 Å². The largest absolute Gasteiger partial charge is 0.488 e. The van der Waals surface area contributed by atoms with E-state index in [-0.39, 0.29) is 18.5 Å². The summed E-state index contributed by atoms with van der Waals surface area (Å²) in [7, 11) is 0. The summed E-state index contributed by atoms with van der Waals surface area (Å²) < 4.78 is 42.5. The normalized spacial score (nSPS) is 21.5. The molecule has 1 N–H and O–H groups in total. The second-order valence-electron chi connectivity index (χ2n) is 10.2. The van der Waals surface area contributed by atoms with Crippen LogP contribution >= 0.6 is 0 Å². The first-order valence-corrected chi connectivity index (χ1v) is 13.0. The van der Waals surface area contributed by atoms with Crippen LogP contribution < -0.4 is 10.1 Å². The molecule has 39 heavy (non-hydrogen) atoms. The molecular weight excluding hydrogens is 500 g/mol. The predicted molar refractivity (Wildman–Crippen MR) is 143 cm³/mol. The van der Waals surface area contributed by atoms with Crippen molar-refractivity contribution in [2.75, 3.05) is 31.6 Å². The summed E-state index contributed by atoms with van der Waals surface area (Å²) in [6.07, 6.45) is 4.90. The summed E-state index contributed by atoms with van der Waals surface area (Å²) in [5, 5.41) is 12.2. The molecule has 196 valence electrons. The van der Waals surface area contributed by atoms with E-state index in [1.165, 1.54) is 18.2 Å². The van der Waals surface area contributed by atoms with Gasteiger partial charge in [-0.15, -0.1) is 0 Å². The lowest BCUT2D eigenvalue weighted by Gasteiger charge is -2.28. The molecule has 0 saturated carbocycles. The number of fused-ring (bicyclic) bond motifs is 4. The Bertz CT molecular complexity index is 1660. The molecule has 4 aromatic rings. The molecule has 0 spiro atoms. The van der Waals surface area contributed by atoms with Crippen LogP contribution in [0.3, 0.4) is 0 Å². The number of rotatable bonds is 3. The quantitative estimate of drug-likeness (QED) is 0.288. The van der Waals surface area contributed by atoms with Crippen LogP contribution in [0.15, 0.2) is 54.6 Å². The number of anilines is 1. The van der Waals surface area contributed by atoms with Crippen molar-refractivity contribution < 1.29 is 18.3 Å². The average Bonchev–Trinajstić information content (AvgIpc) is 3.47. The van der Waals surface area contributed by atoms with Gasteiger partial charge in [-0.3, -0.25) is 10.2 Å². The van der Waals surface area contributed by atoms with E-state index in [4.69, 9.17) is 14.5 Å². The molecule has 0 radical (unpaired) electrons. The number of morpholine rings is 1. The van der Waals surface area contributed by atoms with Gasteiger partial charge in [0.2, 0.25) is 5.95 Å². The van der Waals surface area contributed by atoms with E-state index in [0.717, 1.165) is 54.9 Å². The van der Waals surface area contributed by atoms with Gasteiger partial charge in [0.15, 0.2) is 6.19 Å². The van der Waals surface area contributed by atoms with Crippen LogP contribution in [-0.2, 0) is 11.3 Å². The van der Waals surface area contributed by atoms with E-state index in [1.54, 1.807) is 12.1 Å². The van der Waals surface area contributed by atoms with Gasteiger partial charge in [0.25, 0.3) is 0 Å². The first kappa shape index (κ1) is 23.8. The van der Waals surface area contributed by atoms with Crippen molar-refractivity contribution in [2.45, 2.75) is 25.1 Å². The van der Waals surface area contributed by atoms with Crippen LogP contribution in [0, 0.1) is 23.1 Å². The first-order chi connectivity index (χ1) is 19.1. The zero-order valence-electron chi connectivity index (χ0n) is 21.0. The Labute approximate surface area is 223 Å². The Hall–Kier alpha value is -4.26. The van der Waals surface area contributed by atoms with Gasteiger partial charge in [0, 0.05) is 36.3 Å². The van der Waals surface area contributed by atoms with E-state index in [1.807, 2.05) is 36.5 Å². The molecule has 0 amide bonds. The number of ether oxygens (including phenoxy) is 2. The van der Waals surface area contributed by atoms with Crippen molar-refractivity contribution in [1.29, 1.82) is 5.26 Å². The van der Waals surface area contributed by atoms with Crippen molar-refractivity contribution >= 4 is 28.6 Å². The van der Waals surface area contributed by atoms with Gasteiger partial charge in [-0.1, -0.05) is 18.2 Å². The summed E-state index contributed by atoms with van der Waals surface area (Å²) in [6, 6.07) is 15.8. The fourth-order valence-corrected chi connectivity index (χ4v) is 6.12. The van der Waals surface area contributed by atoms with E-state index >= 15 is 0 Å². The Morgan fingerprint density at radius 3 is 2.87 bits per heavy atom. The Morgan fingerprint density at radius 1 is 1.08 bits per heavy atom. The number of imidazole rings is 1. The third-order valence-electron chi connectivity index (χ3n) is 7.91. The molecule has 9 heteroatoms. The molecule has 2 atom stereocenters. The maximum absolute atomic E-state index is 14.8. The van der Waals surface area contributed by atoms with Gasteiger partial charge >= 0.3 is 0 Å². The topological polar surface area (TPSA) is 75.3 Å². The number of nitrogens with one attached hydrogen (secondary N) is 1. The number of nitriles is 1. The lowest BCUT2D eigenvalue weighted by molar-refractivity contribution is 0.0128. The van der Waals surface area contributed by atoms with Crippen LogP contribution in [0.1, 0.15) is 34.7 Å². The fourth-order valence-electron chi connectivity index (χ4n) is 6.12.